The van der Waals surface area contributed by atoms with Gasteiger partial charge in [0.2, 0.25) is 0 Å². The summed E-state index contributed by atoms with van der Waals surface area (Å²) in [4.78, 5) is 22.6. The van der Waals surface area contributed by atoms with E-state index in [4.69, 9.17) is 10.2 Å². The van der Waals surface area contributed by atoms with Gasteiger partial charge in [0.05, 0.1) is 13.0 Å². The van der Waals surface area contributed by atoms with Crippen LogP contribution in [0.5, 0.6) is 0 Å². The molecule has 5 heteroatoms. The van der Waals surface area contributed by atoms with Gasteiger partial charge in [-0.15, -0.1) is 0 Å². The van der Waals surface area contributed by atoms with Crippen LogP contribution < -0.4 is 0 Å². The summed E-state index contributed by atoms with van der Waals surface area (Å²) in [5.41, 5.74) is 0. The van der Waals surface area contributed by atoms with E-state index in [1.54, 1.807) is 4.90 Å². The molecule has 0 heterocycles. The molecule has 0 atom stereocenters. The number of carboxylic acid groups (broad SMARTS) is 2. The largest absolute Gasteiger partial charge is 0.481 e. The molecule has 16 heavy (non-hydrogen) atoms. The first-order chi connectivity index (χ1) is 7.56. The van der Waals surface area contributed by atoms with E-state index >= 15 is 0 Å². The molecule has 0 aromatic carbocycles. The van der Waals surface area contributed by atoms with Gasteiger partial charge in [-0.25, -0.2) is 0 Å². The molecular formula is C11H21NO4. The Kier molecular flexibility index (Phi) is 8.52. The first kappa shape index (κ1) is 14.9. The van der Waals surface area contributed by atoms with E-state index in [-0.39, 0.29) is 13.0 Å². The zero-order chi connectivity index (χ0) is 12.4. The molecule has 94 valence electrons. The van der Waals surface area contributed by atoms with Crippen molar-refractivity contribution in [3.8, 4) is 0 Å². The number of rotatable bonds is 10. The highest BCUT2D eigenvalue weighted by atomic mass is 16.4. The van der Waals surface area contributed by atoms with Gasteiger partial charge in [0, 0.05) is 6.54 Å². The quantitative estimate of drug-likeness (QED) is 0.556. The van der Waals surface area contributed by atoms with Crippen LogP contribution in [0.3, 0.4) is 0 Å². The van der Waals surface area contributed by atoms with Crippen LogP contribution in [0, 0.1) is 0 Å². The fourth-order valence-corrected chi connectivity index (χ4v) is 1.48. The molecule has 0 saturated carbocycles. The summed E-state index contributed by atoms with van der Waals surface area (Å²) in [6.07, 6.45) is 4.27. The van der Waals surface area contributed by atoms with Gasteiger partial charge in [-0.2, -0.15) is 0 Å². The van der Waals surface area contributed by atoms with Gasteiger partial charge in [0.15, 0.2) is 0 Å². The average Bonchev–Trinajstić information content (AvgIpc) is 2.19. The van der Waals surface area contributed by atoms with Crippen molar-refractivity contribution >= 4 is 11.9 Å². The van der Waals surface area contributed by atoms with E-state index in [9.17, 15) is 9.59 Å². The molecule has 5 nitrogen and oxygen atoms in total. The van der Waals surface area contributed by atoms with Crippen LogP contribution in [0.2, 0.25) is 0 Å². The van der Waals surface area contributed by atoms with Crippen LogP contribution in [-0.2, 0) is 9.59 Å². The van der Waals surface area contributed by atoms with Crippen molar-refractivity contribution in [2.24, 2.45) is 0 Å². The van der Waals surface area contributed by atoms with Gasteiger partial charge in [0.1, 0.15) is 0 Å². The monoisotopic (exact) mass is 231 g/mol. The lowest BCUT2D eigenvalue weighted by Gasteiger charge is -2.18. The highest BCUT2D eigenvalue weighted by molar-refractivity contribution is 5.69. The minimum Gasteiger partial charge on any atom is -0.481 e. The van der Waals surface area contributed by atoms with Crippen LogP contribution in [0.4, 0.5) is 0 Å². The molecule has 0 unspecified atom stereocenters. The number of carboxylic acids is 2. The van der Waals surface area contributed by atoms with Crippen LogP contribution >= 0.6 is 0 Å². The van der Waals surface area contributed by atoms with Crippen LogP contribution in [0.1, 0.15) is 39.0 Å². The van der Waals surface area contributed by atoms with Crippen molar-refractivity contribution in [3.05, 3.63) is 0 Å². The second-order valence-electron chi connectivity index (χ2n) is 3.87. The predicted octanol–water partition coefficient (Wildman–Crippen LogP) is 1.43. The molecular weight excluding hydrogens is 210 g/mol. The molecule has 0 fully saturated rings. The Balaban J connectivity index is 3.80. The number of hydrogen-bond donors (Lipinski definition) is 2. The molecule has 0 aromatic rings. The third kappa shape index (κ3) is 9.45. The maximum absolute atomic E-state index is 10.6. The molecule has 2 N–H and O–H groups in total. The lowest BCUT2D eigenvalue weighted by atomic mass is 10.2. The van der Waals surface area contributed by atoms with E-state index in [0.29, 0.717) is 13.1 Å². The number of nitrogens with zero attached hydrogens (tertiary/aromatic N) is 1. The van der Waals surface area contributed by atoms with Crippen LogP contribution in [0.15, 0.2) is 0 Å². The summed E-state index contributed by atoms with van der Waals surface area (Å²) < 4.78 is 0. The summed E-state index contributed by atoms with van der Waals surface area (Å²) in [5.74, 6) is -1.79. The Morgan fingerprint density at radius 2 is 1.69 bits per heavy atom. The summed E-state index contributed by atoms with van der Waals surface area (Å²) in [6, 6.07) is 0. The maximum Gasteiger partial charge on any atom is 0.317 e. The number of aliphatic carboxylic acids is 2. The highest BCUT2D eigenvalue weighted by Crippen LogP contribution is 2.02. The first-order valence-corrected chi connectivity index (χ1v) is 5.72. The Labute approximate surface area is 96.1 Å². The molecule has 0 aliphatic carbocycles. The van der Waals surface area contributed by atoms with E-state index in [1.807, 2.05) is 0 Å². The molecule has 0 rings (SSSR count). The Morgan fingerprint density at radius 3 is 2.19 bits per heavy atom. The second-order valence-corrected chi connectivity index (χ2v) is 3.87. The minimum atomic E-state index is -0.902. The zero-order valence-electron chi connectivity index (χ0n) is 9.81. The Morgan fingerprint density at radius 1 is 1.00 bits per heavy atom. The van der Waals surface area contributed by atoms with Gasteiger partial charge in [0.25, 0.3) is 0 Å². The normalized spacial score (nSPS) is 10.6. The standard InChI is InChI=1S/C11H21NO4/c1-2-3-4-5-7-12(9-11(15)16)8-6-10(13)14/h2-9H2,1H3,(H,13,14)(H,15,16). The van der Waals surface area contributed by atoms with Gasteiger partial charge in [-0.05, 0) is 13.0 Å². The van der Waals surface area contributed by atoms with E-state index in [2.05, 4.69) is 6.92 Å². The first-order valence-electron chi connectivity index (χ1n) is 5.72. The molecule has 0 saturated heterocycles. The van der Waals surface area contributed by atoms with Gasteiger partial charge in [-0.1, -0.05) is 26.2 Å². The number of unbranched alkanes of at least 4 members (excludes halogenated alkanes) is 3. The number of hydrogen-bond acceptors (Lipinski definition) is 3. The molecule has 0 radical (unpaired) electrons. The molecule has 0 spiro atoms. The van der Waals surface area contributed by atoms with Gasteiger partial charge in [-0.3, -0.25) is 14.5 Å². The SMILES string of the molecule is CCCCCCN(CCC(=O)O)CC(=O)O. The average molecular weight is 231 g/mol. The van der Waals surface area contributed by atoms with E-state index < -0.39 is 11.9 Å². The molecule has 0 aromatic heterocycles. The lowest BCUT2D eigenvalue weighted by Crippen LogP contribution is -2.32. The fraction of sp³-hybridized carbons (Fsp3) is 0.818. The topological polar surface area (TPSA) is 77.8 Å². The van der Waals surface area contributed by atoms with Crippen molar-refractivity contribution < 1.29 is 19.8 Å². The van der Waals surface area contributed by atoms with Crippen LogP contribution in [0.25, 0.3) is 0 Å². The summed E-state index contributed by atoms with van der Waals surface area (Å²) in [5, 5.41) is 17.2. The predicted molar refractivity (Wildman–Crippen MR) is 60.5 cm³/mol. The minimum absolute atomic E-state index is 0.00105. The van der Waals surface area contributed by atoms with Crippen molar-refractivity contribution in [3.63, 3.8) is 0 Å². The van der Waals surface area contributed by atoms with Crippen LogP contribution in [-0.4, -0.2) is 46.7 Å². The number of carbonyl (C=O) groups is 2. The van der Waals surface area contributed by atoms with Gasteiger partial charge < -0.3 is 10.2 Å². The molecule has 0 amide bonds. The smallest absolute Gasteiger partial charge is 0.317 e. The highest BCUT2D eigenvalue weighted by Gasteiger charge is 2.10. The summed E-state index contributed by atoms with van der Waals surface area (Å²) in [6.45, 7) is 3.02. The van der Waals surface area contributed by atoms with Crippen molar-refractivity contribution in [1.82, 2.24) is 4.90 Å². The fourth-order valence-electron chi connectivity index (χ4n) is 1.48. The summed E-state index contributed by atoms with van der Waals surface area (Å²) >= 11 is 0. The summed E-state index contributed by atoms with van der Waals surface area (Å²) in [7, 11) is 0. The third-order valence-corrected chi connectivity index (χ3v) is 2.33. The lowest BCUT2D eigenvalue weighted by molar-refractivity contribution is -0.141. The maximum atomic E-state index is 10.6. The molecule has 0 aliphatic rings. The molecule has 0 aliphatic heterocycles. The van der Waals surface area contributed by atoms with Gasteiger partial charge >= 0.3 is 11.9 Å². The van der Waals surface area contributed by atoms with E-state index in [1.165, 1.54) is 0 Å². The van der Waals surface area contributed by atoms with E-state index in [0.717, 1.165) is 25.7 Å². The second kappa shape index (κ2) is 9.15. The Bertz CT molecular complexity index is 218. The molecule has 0 bridgehead atoms. The Hall–Kier alpha value is -1.10. The zero-order valence-corrected chi connectivity index (χ0v) is 9.81. The van der Waals surface area contributed by atoms with Crippen molar-refractivity contribution in [1.29, 1.82) is 0 Å². The van der Waals surface area contributed by atoms with Crippen molar-refractivity contribution in [2.75, 3.05) is 19.6 Å². The van der Waals surface area contributed by atoms with Crippen molar-refractivity contribution in [2.45, 2.75) is 39.0 Å². The third-order valence-electron chi connectivity index (χ3n) is 2.33.